The number of rotatable bonds is 8. The third-order valence-corrected chi connectivity index (χ3v) is 6.26. The average molecular weight is 419 g/mol. The zero-order chi connectivity index (χ0) is 21.5. The molecular weight excluding hydrogens is 388 g/mol. The molecule has 0 saturated carbocycles. The summed E-state index contributed by atoms with van der Waals surface area (Å²) in [6.45, 7) is 9.06. The van der Waals surface area contributed by atoms with Crippen LogP contribution < -0.4 is 9.47 Å². The normalized spacial score (nSPS) is 26.7. The van der Waals surface area contributed by atoms with Gasteiger partial charge in [0.1, 0.15) is 35.9 Å². The third-order valence-electron chi connectivity index (χ3n) is 6.26. The maximum Gasteiger partial charge on any atom is 0.123 e. The number of epoxide rings is 2. The highest BCUT2D eigenvalue weighted by Gasteiger charge is 2.40. The Morgan fingerprint density at radius 3 is 1.87 bits per heavy atom. The van der Waals surface area contributed by atoms with Crippen LogP contribution in [0.1, 0.15) is 43.4 Å². The van der Waals surface area contributed by atoms with E-state index in [-0.39, 0.29) is 11.2 Å². The van der Waals surface area contributed by atoms with Gasteiger partial charge >= 0.3 is 0 Å². The van der Waals surface area contributed by atoms with Crippen LogP contribution in [0.4, 0.5) is 0 Å². The summed E-state index contributed by atoms with van der Waals surface area (Å²) in [7, 11) is 0. The maximum atomic E-state index is 5.96. The van der Waals surface area contributed by atoms with E-state index in [1.807, 2.05) is 0 Å². The molecule has 0 radical (unpaired) electrons. The van der Waals surface area contributed by atoms with Crippen LogP contribution >= 0.6 is 0 Å². The van der Waals surface area contributed by atoms with E-state index in [1.54, 1.807) is 0 Å². The molecule has 2 heterocycles. The van der Waals surface area contributed by atoms with E-state index < -0.39 is 0 Å². The summed E-state index contributed by atoms with van der Waals surface area (Å²) in [5, 5.41) is 0. The Kier molecular flexibility index (Phi) is 5.15. The number of ether oxygens (including phenoxy) is 4. The predicted molar refractivity (Wildman–Crippen MR) is 123 cm³/mol. The van der Waals surface area contributed by atoms with Gasteiger partial charge in [-0.1, -0.05) is 30.4 Å². The molecule has 4 nitrogen and oxygen atoms in total. The van der Waals surface area contributed by atoms with E-state index in [9.17, 15) is 0 Å². The van der Waals surface area contributed by atoms with E-state index in [1.165, 1.54) is 27.8 Å². The standard InChI is InChI=1S/C27H30O4/c1-19-14-23(10-13-25(19)29-16-27(3)18-31-27)22-6-4-20(5-7-22)21-8-11-24(12-9-21)28-15-26(2)17-30-26/h4,7-14H,5-6,15-18H2,1-3H3. The van der Waals surface area contributed by atoms with Crippen molar-refractivity contribution < 1.29 is 18.9 Å². The number of hydrogen-bond acceptors (Lipinski definition) is 4. The van der Waals surface area contributed by atoms with E-state index in [2.05, 4.69) is 75.4 Å². The molecule has 0 spiro atoms. The monoisotopic (exact) mass is 418 g/mol. The average Bonchev–Trinajstić information content (AvgIpc) is 3.71. The molecule has 2 aromatic rings. The van der Waals surface area contributed by atoms with Crippen LogP contribution in [0.3, 0.4) is 0 Å². The molecule has 1 aliphatic carbocycles. The van der Waals surface area contributed by atoms with Crippen molar-refractivity contribution in [3.63, 3.8) is 0 Å². The molecular formula is C27H30O4. The lowest BCUT2D eigenvalue weighted by Gasteiger charge is -2.17. The van der Waals surface area contributed by atoms with Crippen LogP contribution in [0, 0.1) is 6.92 Å². The fraction of sp³-hybridized carbons (Fsp3) is 0.407. The summed E-state index contributed by atoms with van der Waals surface area (Å²) in [5.41, 5.74) is 6.25. The second-order valence-corrected chi connectivity index (χ2v) is 9.43. The van der Waals surface area contributed by atoms with Crippen LogP contribution in [-0.4, -0.2) is 37.6 Å². The fourth-order valence-corrected chi connectivity index (χ4v) is 3.76. The molecule has 4 heteroatoms. The van der Waals surface area contributed by atoms with E-state index in [4.69, 9.17) is 18.9 Å². The highest BCUT2D eigenvalue weighted by atomic mass is 16.6. The molecule has 3 aliphatic rings. The fourth-order valence-electron chi connectivity index (χ4n) is 3.76. The first-order chi connectivity index (χ1) is 14.9. The Balaban J connectivity index is 1.18. The van der Waals surface area contributed by atoms with Crippen LogP contribution in [0.2, 0.25) is 0 Å². The molecule has 0 N–H and O–H groups in total. The summed E-state index contributed by atoms with van der Waals surface area (Å²) in [5.74, 6) is 1.84. The van der Waals surface area contributed by atoms with Crippen LogP contribution in [0.25, 0.3) is 11.1 Å². The Hall–Kier alpha value is -2.56. The Bertz CT molecular complexity index is 1020. The van der Waals surface area contributed by atoms with Crippen LogP contribution in [-0.2, 0) is 9.47 Å². The number of hydrogen-bond donors (Lipinski definition) is 0. The zero-order valence-electron chi connectivity index (χ0n) is 18.6. The quantitative estimate of drug-likeness (QED) is 0.524. The molecule has 5 rings (SSSR count). The van der Waals surface area contributed by atoms with E-state index >= 15 is 0 Å². The molecule has 2 atom stereocenters. The highest BCUT2D eigenvalue weighted by molar-refractivity contribution is 5.78. The van der Waals surface area contributed by atoms with Crippen molar-refractivity contribution in [3.05, 3.63) is 71.3 Å². The topological polar surface area (TPSA) is 43.5 Å². The summed E-state index contributed by atoms with van der Waals surface area (Å²) in [6, 6.07) is 14.9. The van der Waals surface area contributed by atoms with Crippen molar-refractivity contribution in [1.82, 2.24) is 0 Å². The first kappa shape index (κ1) is 20.3. The van der Waals surface area contributed by atoms with E-state index in [0.29, 0.717) is 13.2 Å². The van der Waals surface area contributed by atoms with Crippen molar-refractivity contribution in [1.29, 1.82) is 0 Å². The molecule has 2 fully saturated rings. The summed E-state index contributed by atoms with van der Waals surface area (Å²) < 4.78 is 22.6. The van der Waals surface area contributed by atoms with Gasteiger partial charge in [-0.3, -0.25) is 0 Å². The van der Waals surface area contributed by atoms with Gasteiger partial charge in [0.05, 0.1) is 13.2 Å². The SMILES string of the molecule is Cc1cc(C2=CCC(c3ccc(OCC4(C)CO4)cc3)=CC2)ccc1OCC1(C)CO1. The van der Waals surface area contributed by atoms with Gasteiger partial charge < -0.3 is 18.9 Å². The Morgan fingerprint density at radius 2 is 1.32 bits per heavy atom. The largest absolute Gasteiger partial charge is 0.491 e. The molecule has 0 amide bonds. The zero-order valence-corrected chi connectivity index (χ0v) is 18.6. The summed E-state index contributed by atoms with van der Waals surface area (Å²) >= 11 is 0. The number of benzene rings is 2. The van der Waals surface area contributed by atoms with Gasteiger partial charge in [0, 0.05) is 0 Å². The van der Waals surface area contributed by atoms with Crippen molar-refractivity contribution in [2.45, 2.75) is 44.8 Å². The van der Waals surface area contributed by atoms with Gasteiger partial charge in [0.2, 0.25) is 0 Å². The number of allylic oxidation sites excluding steroid dienone is 4. The second-order valence-electron chi connectivity index (χ2n) is 9.43. The third kappa shape index (κ3) is 4.86. The molecule has 0 bridgehead atoms. The molecule has 2 aromatic carbocycles. The summed E-state index contributed by atoms with van der Waals surface area (Å²) in [4.78, 5) is 0. The lowest BCUT2D eigenvalue weighted by Crippen LogP contribution is -2.17. The molecule has 0 aromatic heterocycles. The van der Waals surface area contributed by atoms with Crippen molar-refractivity contribution in [3.8, 4) is 11.5 Å². The molecule has 31 heavy (non-hydrogen) atoms. The van der Waals surface area contributed by atoms with Crippen molar-refractivity contribution >= 4 is 11.1 Å². The maximum absolute atomic E-state index is 5.96. The molecule has 2 aliphatic heterocycles. The predicted octanol–water partition coefficient (Wildman–Crippen LogP) is 5.59. The van der Waals surface area contributed by atoms with E-state index in [0.717, 1.165) is 37.6 Å². The summed E-state index contributed by atoms with van der Waals surface area (Å²) in [6.07, 6.45) is 6.57. The first-order valence-corrected chi connectivity index (χ1v) is 11.0. The Morgan fingerprint density at radius 1 is 0.774 bits per heavy atom. The van der Waals surface area contributed by atoms with Crippen LogP contribution in [0.5, 0.6) is 11.5 Å². The lowest BCUT2D eigenvalue weighted by atomic mass is 9.90. The van der Waals surface area contributed by atoms with Crippen LogP contribution in [0.15, 0.2) is 54.6 Å². The van der Waals surface area contributed by atoms with Gasteiger partial charge in [-0.2, -0.15) is 0 Å². The number of aryl methyl sites for hydroxylation is 1. The minimum absolute atomic E-state index is 0.0851. The van der Waals surface area contributed by atoms with Crippen molar-refractivity contribution in [2.75, 3.05) is 26.4 Å². The second kappa shape index (κ2) is 7.85. The molecule has 2 unspecified atom stereocenters. The van der Waals surface area contributed by atoms with Gasteiger partial charge in [-0.15, -0.1) is 0 Å². The van der Waals surface area contributed by atoms with Gasteiger partial charge in [0.25, 0.3) is 0 Å². The molecule has 2 saturated heterocycles. The first-order valence-electron chi connectivity index (χ1n) is 11.0. The van der Waals surface area contributed by atoms with Gasteiger partial charge in [-0.25, -0.2) is 0 Å². The molecule has 162 valence electrons. The van der Waals surface area contributed by atoms with Gasteiger partial charge in [0.15, 0.2) is 0 Å². The minimum Gasteiger partial charge on any atom is -0.491 e. The smallest absolute Gasteiger partial charge is 0.123 e. The van der Waals surface area contributed by atoms with Crippen molar-refractivity contribution in [2.24, 2.45) is 0 Å². The van der Waals surface area contributed by atoms with Gasteiger partial charge in [-0.05, 0) is 85.7 Å². The highest BCUT2D eigenvalue weighted by Crippen LogP contribution is 2.34. The Labute approximate surface area is 184 Å². The lowest BCUT2D eigenvalue weighted by molar-refractivity contribution is 0.201. The minimum atomic E-state index is -0.0909.